The molecule has 0 aliphatic heterocycles. The van der Waals surface area contributed by atoms with E-state index in [0.29, 0.717) is 17.3 Å². The van der Waals surface area contributed by atoms with E-state index in [9.17, 15) is 5.11 Å². The molecule has 3 aromatic rings. The SMILES string of the molecule is COc1cccc(Oc2nc(CO)cc3ccccc23)c1. The molecule has 2 aromatic carbocycles. The zero-order valence-electron chi connectivity index (χ0n) is 11.6. The Hall–Kier alpha value is -2.59. The number of pyridine rings is 1. The molecule has 0 saturated carbocycles. The number of hydrogen-bond acceptors (Lipinski definition) is 4. The molecular formula is C17H15NO3. The first-order valence-electron chi connectivity index (χ1n) is 6.61. The van der Waals surface area contributed by atoms with E-state index in [0.717, 1.165) is 16.5 Å². The number of fused-ring (bicyclic) bond motifs is 1. The van der Waals surface area contributed by atoms with Gasteiger partial charge in [0, 0.05) is 11.5 Å². The third-order valence-electron chi connectivity index (χ3n) is 3.18. The summed E-state index contributed by atoms with van der Waals surface area (Å²) in [6, 6.07) is 17.0. The van der Waals surface area contributed by atoms with Gasteiger partial charge in [0.15, 0.2) is 0 Å². The average molecular weight is 281 g/mol. The number of ether oxygens (including phenoxy) is 2. The minimum Gasteiger partial charge on any atom is -0.497 e. The first-order valence-corrected chi connectivity index (χ1v) is 6.61. The molecule has 0 bridgehead atoms. The predicted octanol–water partition coefficient (Wildman–Crippen LogP) is 3.53. The maximum atomic E-state index is 9.33. The number of aliphatic hydroxyl groups excluding tert-OH is 1. The fourth-order valence-electron chi connectivity index (χ4n) is 2.16. The monoisotopic (exact) mass is 281 g/mol. The van der Waals surface area contributed by atoms with Gasteiger partial charge in [-0.1, -0.05) is 24.3 Å². The number of aromatic nitrogens is 1. The molecule has 0 spiro atoms. The second kappa shape index (κ2) is 5.81. The average Bonchev–Trinajstić information content (AvgIpc) is 2.55. The number of aliphatic hydroxyl groups is 1. The third-order valence-corrected chi connectivity index (χ3v) is 3.18. The van der Waals surface area contributed by atoms with Gasteiger partial charge < -0.3 is 14.6 Å². The summed E-state index contributed by atoms with van der Waals surface area (Å²) in [5, 5.41) is 11.2. The first kappa shape index (κ1) is 13.4. The van der Waals surface area contributed by atoms with Crippen LogP contribution < -0.4 is 9.47 Å². The molecule has 4 heteroatoms. The molecule has 0 saturated heterocycles. The maximum Gasteiger partial charge on any atom is 0.227 e. The largest absolute Gasteiger partial charge is 0.497 e. The molecule has 0 fully saturated rings. The maximum absolute atomic E-state index is 9.33. The molecule has 21 heavy (non-hydrogen) atoms. The van der Waals surface area contributed by atoms with E-state index in [1.54, 1.807) is 13.2 Å². The van der Waals surface area contributed by atoms with Crippen molar-refractivity contribution in [1.29, 1.82) is 0 Å². The van der Waals surface area contributed by atoms with Crippen molar-refractivity contribution in [2.75, 3.05) is 7.11 Å². The highest BCUT2D eigenvalue weighted by molar-refractivity contribution is 5.87. The van der Waals surface area contributed by atoms with Gasteiger partial charge in [-0.25, -0.2) is 4.98 Å². The molecule has 1 aromatic heterocycles. The summed E-state index contributed by atoms with van der Waals surface area (Å²) in [6.45, 7) is -0.126. The van der Waals surface area contributed by atoms with Gasteiger partial charge in [-0.2, -0.15) is 0 Å². The van der Waals surface area contributed by atoms with Crippen LogP contribution >= 0.6 is 0 Å². The highest BCUT2D eigenvalue weighted by Gasteiger charge is 2.08. The van der Waals surface area contributed by atoms with Crippen molar-refractivity contribution in [1.82, 2.24) is 4.98 Å². The quantitative estimate of drug-likeness (QED) is 0.795. The summed E-state index contributed by atoms with van der Waals surface area (Å²) in [5.74, 6) is 1.84. The molecule has 0 radical (unpaired) electrons. The van der Waals surface area contributed by atoms with Crippen molar-refractivity contribution in [2.45, 2.75) is 6.61 Å². The van der Waals surface area contributed by atoms with E-state index in [4.69, 9.17) is 9.47 Å². The van der Waals surface area contributed by atoms with Gasteiger partial charge in [0.2, 0.25) is 5.88 Å². The summed E-state index contributed by atoms with van der Waals surface area (Å²) in [7, 11) is 1.61. The second-order valence-corrected chi connectivity index (χ2v) is 4.58. The zero-order valence-corrected chi connectivity index (χ0v) is 11.6. The van der Waals surface area contributed by atoms with Gasteiger partial charge in [-0.05, 0) is 29.7 Å². The Balaban J connectivity index is 2.06. The number of hydrogen-bond donors (Lipinski definition) is 1. The van der Waals surface area contributed by atoms with Crippen LogP contribution in [0.4, 0.5) is 0 Å². The molecule has 106 valence electrons. The fraction of sp³-hybridized carbons (Fsp3) is 0.118. The summed E-state index contributed by atoms with van der Waals surface area (Å²) in [6.07, 6.45) is 0. The Morgan fingerprint density at radius 3 is 2.62 bits per heavy atom. The predicted molar refractivity (Wildman–Crippen MR) is 80.7 cm³/mol. The van der Waals surface area contributed by atoms with Crippen LogP contribution in [-0.4, -0.2) is 17.2 Å². The van der Waals surface area contributed by atoms with Crippen molar-refractivity contribution in [3.05, 3.63) is 60.3 Å². The number of rotatable bonds is 4. The molecule has 0 aliphatic rings. The van der Waals surface area contributed by atoms with Crippen LogP contribution in [-0.2, 0) is 6.61 Å². The molecular weight excluding hydrogens is 266 g/mol. The Kier molecular flexibility index (Phi) is 3.71. The Labute approximate surface area is 122 Å². The van der Waals surface area contributed by atoms with Crippen LogP contribution in [0.1, 0.15) is 5.69 Å². The van der Waals surface area contributed by atoms with Crippen LogP contribution in [0.15, 0.2) is 54.6 Å². The van der Waals surface area contributed by atoms with Crippen LogP contribution in [0.25, 0.3) is 10.8 Å². The van der Waals surface area contributed by atoms with Crippen LogP contribution in [0.2, 0.25) is 0 Å². The Morgan fingerprint density at radius 2 is 1.81 bits per heavy atom. The van der Waals surface area contributed by atoms with Gasteiger partial charge in [0.1, 0.15) is 11.5 Å². The lowest BCUT2D eigenvalue weighted by Gasteiger charge is -2.10. The van der Waals surface area contributed by atoms with Gasteiger partial charge >= 0.3 is 0 Å². The van der Waals surface area contributed by atoms with Crippen molar-refractivity contribution in [2.24, 2.45) is 0 Å². The summed E-state index contributed by atoms with van der Waals surface area (Å²) < 4.78 is 11.1. The molecule has 0 aliphatic carbocycles. The Morgan fingerprint density at radius 1 is 1.00 bits per heavy atom. The summed E-state index contributed by atoms with van der Waals surface area (Å²) in [4.78, 5) is 4.36. The molecule has 4 nitrogen and oxygen atoms in total. The summed E-state index contributed by atoms with van der Waals surface area (Å²) >= 11 is 0. The van der Waals surface area contributed by atoms with Crippen molar-refractivity contribution in [3.8, 4) is 17.4 Å². The van der Waals surface area contributed by atoms with Gasteiger partial charge in [-0.3, -0.25) is 0 Å². The van der Waals surface area contributed by atoms with E-state index in [1.165, 1.54) is 0 Å². The zero-order chi connectivity index (χ0) is 14.7. The van der Waals surface area contributed by atoms with E-state index in [1.807, 2.05) is 48.5 Å². The minimum atomic E-state index is -0.126. The standard InChI is InChI=1S/C17H15NO3/c1-20-14-6-4-7-15(10-14)21-17-16-8-3-2-5-12(16)9-13(11-19)18-17/h2-10,19H,11H2,1H3. The smallest absolute Gasteiger partial charge is 0.227 e. The van der Waals surface area contributed by atoms with E-state index >= 15 is 0 Å². The number of methoxy groups -OCH3 is 1. The van der Waals surface area contributed by atoms with Crippen LogP contribution in [0.3, 0.4) is 0 Å². The van der Waals surface area contributed by atoms with Crippen molar-refractivity contribution in [3.63, 3.8) is 0 Å². The highest BCUT2D eigenvalue weighted by atomic mass is 16.5. The molecule has 0 atom stereocenters. The first-order chi connectivity index (χ1) is 10.3. The van der Waals surface area contributed by atoms with Crippen LogP contribution in [0, 0.1) is 0 Å². The number of nitrogens with zero attached hydrogens (tertiary/aromatic N) is 1. The summed E-state index contributed by atoms with van der Waals surface area (Å²) in [5.41, 5.74) is 0.576. The minimum absolute atomic E-state index is 0.126. The molecule has 0 amide bonds. The second-order valence-electron chi connectivity index (χ2n) is 4.58. The molecule has 1 heterocycles. The van der Waals surface area contributed by atoms with Crippen LogP contribution in [0.5, 0.6) is 17.4 Å². The van der Waals surface area contributed by atoms with E-state index in [2.05, 4.69) is 4.98 Å². The lowest BCUT2D eigenvalue weighted by Crippen LogP contribution is -1.95. The van der Waals surface area contributed by atoms with Gasteiger partial charge in [-0.15, -0.1) is 0 Å². The van der Waals surface area contributed by atoms with Gasteiger partial charge in [0.05, 0.1) is 19.4 Å². The number of benzene rings is 2. The molecule has 1 N–H and O–H groups in total. The van der Waals surface area contributed by atoms with E-state index in [-0.39, 0.29) is 6.61 Å². The third kappa shape index (κ3) is 2.80. The highest BCUT2D eigenvalue weighted by Crippen LogP contribution is 2.30. The Bertz CT molecular complexity index is 771. The molecule has 0 unspecified atom stereocenters. The lowest BCUT2D eigenvalue weighted by molar-refractivity contribution is 0.275. The van der Waals surface area contributed by atoms with Crippen molar-refractivity contribution < 1.29 is 14.6 Å². The van der Waals surface area contributed by atoms with Crippen molar-refractivity contribution >= 4 is 10.8 Å². The van der Waals surface area contributed by atoms with E-state index < -0.39 is 0 Å². The normalized spacial score (nSPS) is 10.6. The molecule has 3 rings (SSSR count). The topological polar surface area (TPSA) is 51.6 Å². The van der Waals surface area contributed by atoms with Gasteiger partial charge in [0.25, 0.3) is 0 Å². The fourth-order valence-corrected chi connectivity index (χ4v) is 2.16. The lowest BCUT2D eigenvalue weighted by atomic mass is 10.1.